The Bertz CT molecular complexity index is 532. The summed E-state index contributed by atoms with van der Waals surface area (Å²) in [7, 11) is 0. The number of urea groups is 1. The second-order valence-electron chi connectivity index (χ2n) is 5.22. The van der Waals surface area contributed by atoms with Crippen LogP contribution in [0, 0.1) is 11.8 Å². The lowest BCUT2D eigenvalue weighted by atomic mass is 9.99. The van der Waals surface area contributed by atoms with Gasteiger partial charge in [-0.2, -0.15) is 0 Å². The lowest BCUT2D eigenvalue weighted by molar-refractivity contribution is -0.142. The van der Waals surface area contributed by atoms with E-state index in [1.807, 2.05) is 19.9 Å². The van der Waals surface area contributed by atoms with E-state index in [4.69, 9.17) is 9.84 Å². The van der Waals surface area contributed by atoms with Crippen LogP contribution >= 0.6 is 0 Å². The van der Waals surface area contributed by atoms with Crippen LogP contribution in [0.25, 0.3) is 0 Å². The Labute approximate surface area is 123 Å². The summed E-state index contributed by atoms with van der Waals surface area (Å²) in [6, 6.07) is 6.86. The molecule has 0 radical (unpaired) electrons. The molecule has 1 aliphatic rings. The third-order valence-electron chi connectivity index (χ3n) is 3.61. The molecule has 114 valence electrons. The summed E-state index contributed by atoms with van der Waals surface area (Å²) in [5.41, 5.74) is 0.636. The van der Waals surface area contributed by atoms with Crippen molar-refractivity contribution in [2.75, 3.05) is 25.0 Å². The van der Waals surface area contributed by atoms with Crippen molar-refractivity contribution >= 4 is 17.7 Å². The molecule has 0 aliphatic carbocycles. The molecular weight excluding hydrogens is 272 g/mol. The molecule has 2 rings (SSSR count). The molecule has 6 heteroatoms. The second-order valence-corrected chi connectivity index (χ2v) is 5.22. The quantitative estimate of drug-likeness (QED) is 0.892. The molecular formula is C15H20N2O4. The van der Waals surface area contributed by atoms with Crippen molar-refractivity contribution in [1.29, 1.82) is 0 Å². The van der Waals surface area contributed by atoms with Crippen LogP contribution in [0.3, 0.4) is 0 Å². The van der Waals surface area contributed by atoms with Gasteiger partial charge < -0.3 is 20.1 Å². The predicted octanol–water partition coefficient (Wildman–Crippen LogP) is 2.27. The van der Waals surface area contributed by atoms with Crippen molar-refractivity contribution in [2.24, 2.45) is 11.8 Å². The van der Waals surface area contributed by atoms with Gasteiger partial charge in [0.05, 0.1) is 12.5 Å². The number of carbonyl (C=O) groups is 2. The van der Waals surface area contributed by atoms with Gasteiger partial charge >= 0.3 is 12.0 Å². The van der Waals surface area contributed by atoms with Gasteiger partial charge in [0.15, 0.2) is 0 Å². The lowest BCUT2D eigenvalue weighted by Gasteiger charge is -2.17. The molecule has 2 N–H and O–H groups in total. The number of nitrogens with zero attached hydrogens (tertiary/aromatic N) is 1. The van der Waals surface area contributed by atoms with Crippen LogP contribution in [0.15, 0.2) is 24.3 Å². The third kappa shape index (κ3) is 3.65. The minimum Gasteiger partial charge on any atom is -0.494 e. The zero-order valence-corrected chi connectivity index (χ0v) is 12.2. The molecule has 0 bridgehead atoms. The van der Waals surface area contributed by atoms with Crippen LogP contribution in [0.5, 0.6) is 5.75 Å². The number of nitrogens with one attached hydrogen (secondary N) is 1. The normalized spacial score (nSPS) is 21.1. The average Bonchev–Trinajstić information content (AvgIpc) is 2.82. The van der Waals surface area contributed by atoms with E-state index >= 15 is 0 Å². The molecule has 1 aromatic carbocycles. The largest absolute Gasteiger partial charge is 0.494 e. The number of likely N-dealkylation sites (tertiary alicyclic amines) is 1. The Balaban J connectivity index is 1.99. The number of hydrogen-bond donors (Lipinski definition) is 2. The van der Waals surface area contributed by atoms with Gasteiger partial charge in [-0.1, -0.05) is 13.0 Å². The van der Waals surface area contributed by atoms with Gasteiger partial charge in [0.2, 0.25) is 0 Å². The number of carboxylic acids is 1. The minimum atomic E-state index is -0.851. The smallest absolute Gasteiger partial charge is 0.321 e. The van der Waals surface area contributed by atoms with Crippen LogP contribution < -0.4 is 10.1 Å². The van der Waals surface area contributed by atoms with Gasteiger partial charge in [0.25, 0.3) is 0 Å². The third-order valence-corrected chi connectivity index (χ3v) is 3.61. The summed E-state index contributed by atoms with van der Waals surface area (Å²) in [5.74, 6) is -0.696. The predicted molar refractivity (Wildman–Crippen MR) is 78.5 cm³/mol. The summed E-state index contributed by atoms with van der Waals surface area (Å²) >= 11 is 0. The molecule has 2 amide bonds. The number of carboxylic acid groups (broad SMARTS) is 1. The summed E-state index contributed by atoms with van der Waals surface area (Å²) < 4.78 is 5.38. The fourth-order valence-corrected chi connectivity index (χ4v) is 2.49. The van der Waals surface area contributed by atoms with Gasteiger partial charge in [0.1, 0.15) is 5.75 Å². The number of hydrogen-bond acceptors (Lipinski definition) is 3. The van der Waals surface area contributed by atoms with Crippen molar-refractivity contribution in [2.45, 2.75) is 13.8 Å². The van der Waals surface area contributed by atoms with Gasteiger partial charge in [-0.25, -0.2) is 4.79 Å². The maximum absolute atomic E-state index is 12.2. The van der Waals surface area contributed by atoms with Crippen molar-refractivity contribution < 1.29 is 19.4 Å². The first kappa shape index (κ1) is 15.2. The highest BCUT2D eigenvalue weighted by atomic mass is 16.5. The zero-order valence-electron chi connectivity index (χ0n) is 12.2. The van der Waals surface area contributed by atoms with E-state index in [2.05, 4.69) is 5.32 Å². The van der Waals surface area contributed by atoms with Crippen molar-refractivity contribution in [3.8, 4) is 5.75 Å². The Morgan fingerprint density at radius 1 is 1.43 bits per heavy atom. The number of aliphatic carboxylic acids is 1. The molecule has 1 aliphatic heterocycles. The molecule has 1 aromatic rings. The van der Waals surface area contributed by atoms with Gasteiger partial charge in [-0.05, 0) is 25.0 Å². The highest BCUT2D eigenvalue weighted by Gasteiger charge is 2.36. The number of ether oxygens (including phenoxy) is 1. The van der Waals surface area contributed by atoms with Crippen molar-refractivity contribution in [3.63, 3.8) is 0 Å². The highest BCUT2D eigenvalue weighted by Crippen LogP contribution is 2.24. The van der Waals surface area contributed by atoms with Crippen LogP contribution in [0.2, 0.25) is 0 Å². The summed E-state index contributed by atoms with van der Waals surface area (Å²) in [5, 5.41) is 11.9. The molecule has 2 unspecified atom stereocenters. The molecule has 6 nitrogen and oxygen atoms in total. The monoisotopic (exact) mass is 292 g/mol. The Morgan fingerprint density at radius 2 is 2.19 bits per heavy atom. The topological polar surface area (TPSA) is 78.9 Å². The fraction of sp³-hybridized carbons (Fsp3) is 0.467. The van der Waals surface area contributed by atoms with Gasteiger partial charge in [-0.15, -0.1) is 0 Å². The summed E-state index contributed by atoms with van der Waals surface area (Å²) in [6.45, 7) is 4.99. The average molecular weight is 292 g/mol. The Hall–Kier alpha value is -2.24. The van der Waals surface area contributed by atoms with Crippen LogP contribution in [-0.4, -0.2) is 41.7 Å². The number of benzene rings is 1. The Morgan fingerprint density at radius 3 is 2.81 bits per heavy atom. The fourth-order valence-electron chi connectivity index (χ4n) is 2.49. The van der Waals surface area contributed by atoms with Crippen molar-refractivity contribution in [3.05, 3.63) is 24.3 Å². The molecule has 0 saturated carbocycles. The molecule has 0 aromatic heterocycles. The summed E-state index contributed by atoms with van der Waals surface area (Å²) in [4.78, 5) is 24.8. The van der Waals surface area contributed by atoms with E-state index in [1.165, 1.54) is 4.90 Å². The van der Waals surface area contributed by atoms with Crippen LogP contribution in [-0.2, 0) is 4.79 Å². The van der Waals surface area contributed by atoms with Gasteiger partial charge in [0, 0.05) is 24.8 Å². The van der Waals surface area contributed by atoms with Crippen molar-refractivity contribution in [1.82, 2.24) is 4.90 Å². The van der Waals surface area contributed by atoms with E-state index in [9.17, 15) is 9.59 Å². The highest BCUT2D eigenvalue weighted by molar-refractivity contribution is 5.90. The number of amides is 2. The first-order valence-corrected chi connectivity index (χ1v) is 7.03. The first-order chi connectivity index (χ1) is 10.0. The molecule has 2 atom stereocenters. The van der Waals surface area contributed by atoms with E-state index in [-0.39, 0.29) is 18.5 Å². The number of anilines is 1. The van der Waals surface area contributed by atoms with E-state index in [0.717, 1.165) is 0 Å². The maximum atomic E-state index is 12.2. The Kier molecular flexibility index (Phi) is 4.67. The first-order valence-electron chi connectivity index (χ1n) is 7.03. The SMILES string of the molecule is CCOc1cccc(NC(=O)N2CC(C)C(C(=O)O)C2)c1. The minimum absolute atomic E-state index is 0.0389. The second kappa shape index (κ2) is 6.47. The zero-order chi connectivity index (χ0) is 15.4. The molecule has 1 saturated heterocycles. The van der Waals surface area contributed by atoms with E-state index in [1.54, 1.807) is 18.2 Å². The number of rotatable bonds is 4. The lowest BCUT2D eigenvalue weighted by Crippen LogP contribution is -2.33. The standard InChI is InChI=1S/C15H20N2O4/c1-3-21-12-6-4-5-11(7-12)16-15(20)17-8-10(2)13(9-17)14(18)19/h4-7,10,13H,3,8-9H2,1-2H3,(H,16,20)(H,18,19). The molecule has 21 heavy (non-hydrogen) atoms. The molecule has 1 heterocycles. The maximum Gasteiger partial charge on any atom is 0.321 e. The van der Waals surface area contributed by atoms with E-state index < -0.39 is 11.9 Å². The van der Waals surface area contributed by atoms with E-state index in [0.29, 0.717) is 24.6 Å². The van der Waals surface area contributed by atoms with Crippen LogP contribution in [0.4, 0.5) is 10.5 Å². The summed E-state index contributed by atoms with van der Waals surface area (Å²) in [6.07, 6.45) is 0. The number of carbonyl (C=O) groups excluding carboxylic acids is 1. The molecule has 0 spiro atoms. The van der Waals surface area contributed by atoms with Crippen LogP contribution in [0.1, 0.15) is 13.8 Å². The van der Waals surface area contributed by atoms with Gasteiger partial charge in [-0.3, -0.25) is 4.79 Å². The molecule has 1 fully saturated rings.